The van der Waals surface area contributed by atoms with Gasteiger partial charge in [0.05, 0.1) is 0 Å². The first-order valence-corrected chi connectivity index (χ1v) is 3.20. The van der Waals surface area contributed by atoms with Crippen molar-refractivity contribution in [1.29, 1.82) is 0 Å². The monoisotopic (exact) mass is 186 g/mol. The molecule has 0 amide bonds. The van der Waals surface area contributed by atoms with E-state index in [9.17, 15) is 9.36 Å². The Morgan fingerprint density at radius 2 is 1.80 bits per heavy atom. The van der Waals surface area contributed by atoms with Gasteiger partial charge in [-0.1, -0.05) is 0 Å². The molecule has 0 unspecified atom stereocenters. The van der Waals surface area contributed by atoms with E-state index in [-0.39, 0.29) is 70.2 Å². The SMILES string of the molecule is CC(=O)OP(=O)(O)O.[K].[Li]. The van der Waals surface area contributed by atoms with E-state index in [1.54, 1.807) is 0 Å². The first-order valence-electron chi connectivity index (χ1n) is 1.67. The fraction of sp³-hybridized carbons (Fsp3) is 0.500. The largest absolute Gasteiger partial charge is 0.526 e. The average Bonchev–Trinajstić information content (AvgIpc) is 1.21. The van der Waals surface area contributed by atoms with Crippen LogP contribution in [-0.4, -0.2) is 86.0 Å². The van der Waals surface area contributed by atoms with Gasteiger partial charge in [-0.15, -0.1) is 0 Å². The molecule has 0 rings (SSSR count). The van der Waals surface area contributed by atoms with Gasteiger partial charge in [0, 0.05) is 77.2 Å². The van der Waals surface area contributed by atoms with Crippen molar-refractivity contribution in [2.24, 2.45) is 0 Å². The van der Waals surface area contributed by atoms with Gasteiger partial charge >= 0.3 is 13.8 Å². The Morgan fingerprint density at radius 1 is 1.50 bits per heavy atom. The van der Waals surface area contributed by atoms with Gasteiger partial charge in [-0.3, -0.25) is 14.6 Å². The summed E-state index contributed by atoms with van der Waals surface area (Å²) in [7, 11) is -4.57. The van der Waals surface area contributed by atoms with E-state index in [4.69, 9.17) is 9.79 Å². The first kappa shape index (κ1) is 17.8. The maximum absolute atomic E-state index is 9.74. The predicted octanol–water partition coefficient (Wildman–Crippen LogP) is -1.12. The summed E-state index contributed by atoms with van der Waals surface area (Å²) in [5.41, 5.74) is 0. The van der Waals surface area contributed by atoms with Crippen LogP contribution in [-0.2, 0) is 13.9 Å². The van der Waals surface area contributed by atoms with E-state index in [0.29, 0.717) is 0 Å². The van der Waals surface area contributed by atoms with E-state index in [0.717, 1.165) is 6.92 Å². The van der Waals surface area contributed by atoms with Crippen LogP contribution < -0.4 is 0 Å². The molecule has 0 spiro atoms. The Kier molecular flexibility index (Phi) is 13.4. The summed E-state index contributed by atoms with van der Waals surface area (Å²) in [4.78, 5) is 25.5. The summed E-state index contributed by atoms with van der Waals surface area (Å²) in [6.45, 7) is 0.916. The van der Waals surface area contributed by atoms with Crippen molar-refractivity contribution >= 4 is 84.0 Å². The van der Waals surface area contributed by atoms with Crippen LogP contribution in [0.5, 0.6) is 0 Å². The van der Waals surface area contributed by atoms with Crippen molar-refractivity contribution in [2.45, 2.75) is 6.92 Å². The molecule has 0 heterocycles. The van der Waals surface area contributed by atoms with Crippen LogP contribution in [0.3, 0.4) is 0 Å². The number of hydrogen-bond acceptors (Lipinski definition) is 3. The van der Waals surface area contributed by atoms with Crippen LogP contribution in [0, 0.1) is 0 Å². The Morgan fingerprint density at radius 3 is 1.80 bits per heavy atom. The number of hydrogen-bond donors (Lipinski definition) is 2. The topological polar surface area (TPSA) is 83.8 Å². The minimum Gasteiger partial charge on any atom is -0.371 e. The normalized spacial score (nSPS) is 8.70. The summed E-state index contributed by atoms with van der Waals surface area (Å²) >= 11 is 0. The molecule has 0 aromatic rings. The van der Waals surface area contributed by atoms with Gasteiger partial charge in [0.2, 0.25) is 0 Å². The minimum absolute atomic E-state index is 0. The summed E-state index contributed by atoms with van der Waals surface area (Å²) in [5, 5.41) is 0. The van der Waals surface area contributed by atoms with Crippen LogP contribution in [0.4, 0.5) is 0 Å². The van der Waals surface area contributed by atoms with Crippen molar-refractivity contribution in [3.8, 4) is 0 Å². The third-order valence-corrected chi connectivity index (χ3v) is 0.742. The molecule has 0 aromatic heterocycles. The Labute approximate surface area is 113 Å². The van der Waals surface area contributed by atoms with Gasteiger partial charge in [0.15, 0.2) is 0 Å². The Hall–Kier alpha value is 1.85. The molecule has 0 aliphatic carbocycles. The number of phosphoric ester groups is 1. The van der Waals surface area contributed by atoms with Gasteiger partial charge in [-0.25, -0.2) is 4.57 Å². The third-order valence-electron chi connectivity index (χ3n) is 0.247. The molecular weight excluding hydrogens is 181 g/mol. The van der Waals surface area contributed by atoms with E-state index < -0.39 is 13.8 Å². The van der Waals surface area contributed by atoms with Crippen molar-refractivity contribution in [3.05, 3.63) is 0 Å². The molecule has 2 radical (unpaired) electrons. The van der Waals surface area contributed by atoms with Crippen LogP contribution in [0.1, 0.15) is 6.92 Å². The summed E-state index contributed by atoms with van der Waals surface area (Å²) < 4.78 is 13.2. The van der Waals surface area contributed by atoms with Gasteiger partial charge in [-0.05, 0) is 0 Å². The van der Waals surface area contributed by atoms with E-state index in [1.165, 1.54) is 0 Å². The molecule has 0 fully saturated rings. The van der Waals surface area contributed by atoms with Crippen LogP contribution in [0.15, 0.2) is 0 Å². The molecule has 0 aromatic carbocycles. The fourth-order valence-corrected chi connectivity index (χ4v) is 0.502. The van der Waals surface area contributed by atoms with E-state index in [1.807, 2.05) is 0 Å². The quantitative estimate of drug-likeness (QED) is 0.400. The van der Waals surface area contributed by atoms with Gasteiger partial charge in [0.1, 0.15) is 0 Å². The number of carbonyl (C=O) groups excluding carboxylic acids is 1. The summed E-state index contributed by atoms with van der Waals surface area (Å²) in [6.07, 6.45) is 0. The smallest absolute Gasteiger partial charge is 0.371 e. The van der Waals surface area contributed by atoms with Crippen molar-refractivity contribution in [3.63, 3.8) is 0 Å². The molecule has 10 heavy (non-hydrogen) atoms. The molecule has 0 bridgehead atoms. The fourth-order valence-electron chi connectivity index (χ4n) is 0.167. The number of phosphoric acid groups is 1. The molecule has 0 saturated carbocycles. The average molecular weight is 186 g/mol. The third kappa shape index (κ3) is 16.4. The molecule has 0 atom stereocenters. The second kappa shape index (κ2) is 7.50. The molecule has 0 saturated heterocycles. The van der Waals surface area contributed by atoms with Crippen LogP contribution in [0.2, 0.25) is 0 Å². The second-order valence-electron chi connectivity index (χ2n) is 1.07. The molecule has 0 aliphatic rings. The summed E-state index contributed by atoms with van der Waals surface area (Å²) in [5.74, 6) is -0.988. The number of carbonyl (C=O) groups is 1. The molecule has 8 heteroatoms. The Bertz CT molecular complexity index is 143. The summed E-state index contributed by atoms with van der Waals surface area (Å²) in [6, 6.07) is 0. The van der Waals surface area contributed by atoms with Gasteiger partial charge < -0.3 is 4.52 Å². The maximum atomic E-state index is 9.74. The standard InChI is InChI=1S/C2H5O5P.K.Li/c1-2(3)7-8(4,5)6;;/h1H3,(H2,4,5,6);;. The van der Waals surface area contributed by atoms with Crippen molar-refractivity contribution < 1.29 is 23.7 Å². The molecule has 2 N–H and O–H groups in total. The molecule has 50 valence electrons. The Balaban J connectivity index is -0.000000245. The number of rotatable bonds is 1. The first-order chi connectivity index (χ1) is 3.42. The maximum Gasteiger partial charge on any atom is 0.526 e. The zero-order chi connectivity index (χ0) is 6.78. The molecule has 5 nitrogen and oxygen atoms in total. The van der Waals surface area contributed by atoms with E-state index in [2.05, 4.69) is 4.52 Å². The van der Waals surface area contributed by atoms with Gasteiger partial charge in [0.25, 0.3) is 0 Å². The minimum atomic E-state index is -4.57. The van der Waals surface area contributed by atoms with Crippen LogP contribution in [0.25, 0.3) is 0 Å². The van der Waals surface area contributed by atoms with Crippen molar-refractivity contribution in [2.75, 3.05) is 0 Å². The molecular formula is C2H5KLiO5P. The predicted molar refractivity (Wildman–Crippen MR) is 35.3 cm³/mol. The van der Waals surface area contributed by atoms with Gasteiger partial charge in [-0.2, -0.15) is 0 Å². The van der Waals surface area contributed by atoms with Crippen LogP contribution >= 0.6 is 7.82 Å². The van der Waals surface area contributed by atoms with E-state index >= 15 is 0 Å². The zero-order valence-electron chi connectivity index (χ0n) is 6.07. The molecule has 0 aliphatic heterocycles. The van der Waals surface area contributed by atoms with Crippen molar-refractivity contribution in [1.82, 2.24) is 0 Å². The zero-order valence-corrected chi connectivity index (χ0v) is 10.1. The second-order valence-corrected chi connectivity index (χ2v) is 2.24.